The Morgan fingerprint density at radius 3 is 2.38 bits per heavy atom. The molecular formula is C14H18O6S. The van der Waals surface area contributed by atoms with E-state index in [9.17, 15) is 13.2 Å². The molecule has 0 aromatic heterocycles. The summed E-state index contributed by atoms with van der Waals surface area (Å²) in [5.41, 5.74) is 0.957. The van der Waals surface area contributed by atoms with E-state index in [4.69, 9.17) is 13.7 Å². The first-order chi connectivity index (χ1) is 9.70. The fraction of sp³-hybridized carbons (Fsp3) is 0.500. The molecule has 0 amide bonds. The summed E-state index contributed by atoms with van der Waals surface area (Å²) in [6, 6.07) is 6.34. The lowest BCUT2D eigenvalue weighted by atomic mass is 10.2. The van der Waals surface area contributed by atoms with Crippen LogP contribution in [0.5, 0.6) is 0 Å². The van der Waals surface area contributed by atoms with Crippen molar-refractivity contribution in [2.24, 2.45) is 0 Å². The molecule has 0 N–H and O–H groups in total. The van der Waals surface area contributed by atoms with E-state index in [2.05, 4.69) is 0 Å². The molecule has 0 bridgehead atoms. The van der Waals surface area contributed by atoms with Gasteiger partial charge in [-0.2, -0.15) is 8.42 Å². The molecule has 1 aromatic rings. The van der Waals surface area contributed by atoms with Crippen molar-refractivity contribution in [1.82, 2.24) is 0 Å². The van der Waals surface area contributed by atoms with Crippen LogP contribution in [0.15, 0.2) is 29.2 Å². The minimum absolute atomic E-state index is 0.0864. The number of rotatable bonds is 5. The van der Waals surface area contributed by atoms with Crippen LogP contribution in [0, 0.1) is 6.92 Å². The molecule has 1 aliphatic rings. The van der Waals surface area contributed by atoms with Crippen molar-refractivity contribution >= 4 is 16.1 Å². The monoisotopic (exact) mass is 314 g/mol. The highest BCUT2D eigenvalue weighted by atomic mass is 32.2. The molecule has 1 fully saturated rings. The Morgan fingerprint density at radius 1 is 1.24 bits per heavy atom. The summed E-state index contributed by atoms with van der Waals surface area (Å²) in [6.07, 6.45) is -0.680. The Morgan fingerprint density at radius 2 is 1.86 bits per heavy atom. The molecule has 6 nitrogen and oxygen atoms in total. The predicted octanol–water partition coefficient (Wildman–Crippen LogP) is 1.77. The molecule has 21 heavy (non-hydrogen) atoms. The molecular weight excluding hydrogens is 296 g/mol. The van der Waals surface area contributed by atoms with Gasteiger partial charge in [0.1, 0.15) is 0 Å². The van der Waals surface area contributed by atoms with E-state index in [-0.39, 0.29) is 17.9 Å². The number of cyclic esters (lactones) is 1. The summed E-state index contributed by atoms with van der Waals surface area (Å²) in [6.45, 7) is 4.96. The predicted molar refractivity (Wildman–Crippen MR) is 74.0 cm³/mol. The molecule has 7 heteroatoms. The largest absolute Gasteiger partial charge is 0.432 e. The Hall–Kier alpha value is -1.44. The number of hydrogen-bond acceptors (Lipinski definition) is 6. The van der Waals surface area contributed by atoms with Gasteiger partial charge in [-0.15, -0.1) is 0 Å². The number of aryl methyl sites for hydroxylation is 1. The molecule has 1 aromatic carbocycles. The van der Waals surface area contributed by atoms with Gasteiger partial charge in [-0.05, 0) is 19.1 Å². The van der Waals surface area contributed by atoms with Crippen molar-refractivity contribution in [3.63, 3.8) is 0 Å². The zero-order chi connectivity index (χ0) is 15.7. The molecule has 0 unspecified atom stereocenters. The van der Waals surface area contributed by atoms with Crippen LogP contribution in [0.25, 0.3) is 0 Å². The summed E-state index contributed by atoms with van der Waals surface area (Å²) in [4.78, 5) is 11.6. The van der Waals surface area contributed by atoms with Crippen LogP contribution >= 0.6 is 0 Å². The average molecular weight is 314 g/mol. The quantitative estimate of drug-likeness (QED) is 0.609. The molecule has 0 spiro atoms. The number of carbonyl (C=O) groups is 1. The first kappa shape index (κ1) is 15.9. The van der Waals surface area contributed by atoms with Crippen molar-refractivity contribution in [2.75, 3.05) is 6.61 Å². The molecule has 0 aliphatic carbocycles. The number of hydrogen-bond donors (Lipinski definition) is 0. The van der Waals surface area contributed by atoms with E-state index >= 15 is 0 Å². The highest BCUT2D eigenvalue weighted by Gasteiger charge is 2.40. The zero-order valence-electron chi connectivity index (χ0n) is 12.2. The summed E-state index contributed by atoms with van der Waals surface area (Å²) in [7, 11) is -3.82. The maximum Gasteiger partial charge on any atom is 0.338 e. The van der Waals surface area contributed by atoms with Gasteiger partial charge in [0.05, 0.1) is 11.5 Å². The Kier molecular flexibility index (Phi) is 4.36. The highest BCUT2D eigenvalue weighted by molar-refractivity contribution is 7.86. The molecule has 1 aliphatic heterocycles. The van der Waals surface area contributed by atoms with Gasteiger partial charge in [0.25, 0.3) is 10.1 Å². The van der Waals surface area contributed by atoms with Gasteiger partial charge in [-0.3, -0.25) is 4.18 Å². The third-order valence-electron chi connectivity index (χ3n) is 2.96. The molecule has 0 radical (unpaired) electrons. The second kappa shape index (κ2) is 5.75. The standard InChI is InChI=1S/C14H18O6S/c1-10-4-6-11(7-5-10)21(16,17)18-9-8-12-13(15)20-14(2,3)19-12/h4-7,12H,8-9H2,1-3H3/t12-/m1/s1. The van der Waals surface area contributed by atoms with Crippen LogP contribution in [0.2, 0.25) is 0 Å². The fourth-order valence-electron chi connectivity index (χ4n) is 1.94. The number of esters is 1. The second-order valence-electron chi connectivity index (χ2n) is 5.31. The van der Waals surface area contributed by atoms with Crippen molar-refractivity contribution in [3.05, 3.63) is 29.8 Å². The number of benzene rings is 1. The minimum atomic E-state index is -3.82. The van der Waals surface area contributed by atoms with Crippen LogP contribution < -0.4 is 0 Å². The Balaban J connectivity index is 1.91. The molecule has 1 heterocycles. The lowest BCUT2D eigenvalue weighted by molar-refractivity contribution is -0.160. The van der Waals surface area contributed by atoms with Crippen LogP contribution in [0.3, 0.4) is 0 Å². The normalized spacial score (nSPS) is 21.3. The maximum atomic E-state index is 11.9. The third kappa shape index (κ3) is 4.03. The lowest BCUT2D eigenvalue weighted by Gasteiger charge is -2.15. The van der Waals surface area contributed by atoms with Crippen LogP contribution in [0.4, 0.5) is 0 Å². The number of carbonyl (C=O) groups excluding carboxylic acids is 1. The Labute approximate surface area is 124 Å². The zero-order valence-corrected chi connectivity index (χ0v) is 13.0. The van der Waals surface area contributed by atoms with Crippen LogP contribution in [-0.2, 0) is 28.6 Å². The van der Waals surface area contributed by atoms with Gasteiger partial charge < -0.3 is 9.47 Å². The topological polar surface area (TPSA) is 78.9 Å². The molecule has 2 rings (SSSR count). The van der Waals surface area contributed by atoms with Gasteiger partial charge in [0, 0.05) is 20.3 Å². The lowest BCUT2D eigenvalue weighted by Crippen LogP contribution is -2.22. The van der Waals surface area contributed by atoms with Gasteiger partial charge in [0.2, 0.25) is 5.79 Å². The smallest absolute Gasteiger partial charge is 0.338 e. The Bertz CT molecular complexity index is 617. The van der Waals surface area contributed by atoms with Gasteiger partial charge in [0.15, 0.2) is 6.10 Å². The summed E-state index contributed by atoms with van der Waals surface area (Å²) in [5.74, 6) is -1.48. The molecule has 0 saturated carbocycles. The average Bonchev–Trinajstić information content (AvgIpc) is 2.62. The van der Waals surface area contributed by atoms with Crippen molar-refractivity contribution in [2.45, 2.75) is 44.0 Å². The summed E-state index contributed by atoms with van der Waals surface area (Å²) >= 11 is 0. The van der Waals surface area contributed by atoms with Gasteiger partial charge in [-0.25, -0.2) is 4.79 Å². The highest BCUT2D eigenvalue weighted by Crippen LogP contribution is 2.25. The van der Waals surface area contributed by atoms with Gasteiger partial charge in [-0.1, -0.05) is 17.7 Å². The summed E-state index contributed by atoms with van der Waals surface area (Å²) in [5, 5.41) is 0. The van der Waals surface area contributed by atoms with Crippen molar-refractivity contribution in [1.29, 1.82) is 0 Å². The van der Waals surface area contributed by atoms with E-state index in [0.717, 1.165) is 5.56 Å². The summed E-state index contributed by atoms with van der Waals surface area (Å²) < 4.78 is 39.1. The minimum Gasteiger partial charge on any atom is -0.432 e. The SMILES string of the molecule is Cc1ccc(S(=O)(=O)OCC[C@H]2OC(C)(C)OC2=O)cc1. The van der Waals surface area contributed by atoms with Crippen molar-refractivity contribution < 1.29 is 26.9 Å². The number of ether oxygens (including phenoxy) is 2. The van der Waals surface area contributed by atoms with E-state index in [0.29, 0.717) is 0 Å². The van der Waals surface area contributed by atoms with E-state index in [1.165, 1.54) is 12.1 Å². The van der Waals surface area contributed by atoms with Gasteiger partial charge >= 0.3 is 5.97 Å². The molecule has 116 valence electrons. The first-order valence-corrected chi connectivity index (χ1v) is 7.97. The van der Waals surface area contributed by atoms with E-state index < -0.39 is 28.0 Å². The molecule has 1 atom stereocenters. The third-order valence-corrected chi connectivity index (χ3v) is 4.29. The van der Waals surface area contributed by atoms with E-state index in [1.54, 1.807) is 26.0 Å². The maximum absolute atomic E-state index is 11.9. The van der Waals surface area contributed by atoms with Crippen LogP contribution in [0.1, 0.15) is 25.8 Å². The van der Waals surface area contributed by atoms with Crippen LogP contribution in [-0.4, -0.2) is 32.9 Å². The first-order valence-electron chi connectivity index (χ1n) is 6.56. The molecule has 1 saturated heterocycles. The van der Waals surface area contributed by atoms with E-state index in [1.807, 2.05) is 6.92 Å². The fourth-order valence-corrected chi connectivity index (χ4v) is 2.86. The second-order valence-corrected chi connectivity index (χ2v) is 6.92. The van der Waals surface area contributed by atoms with Crippen molar-refractivity contribution in [3.8, 4) is 0 Å².